The van der Waals surface area contributed by atoms with Crippen molar-refractivity contribution in [3.63, 3.8) is 0 Å². The van der Waals surface area contributed by atoms with Gasteiger partial charge in [-0.05, 0) is 5.56 Å². The van der Waals surface area contributed by atoms with Gasteiger partial charge in [-0.1, -0.05) is 30.3 Å². The first kappa shape index (κ1) is 13.2. The molecular formula is C13H16O5. The second-order valence-electron chi connectivity index (χ2n) is 4.25. The van der Waals surface area contributed by atoms with Gasteiger partial charge in [-0.15, -0.1) is 0 Å². The normalized spacial score (nSPS) is 29.1. The number of benzene rings is 1. The SMILES string of the molecule is O=CC(O)C1OCC(O)C1OCc1ccccc1. The van der Waals surface area contributed by atoms with Gasteiger partial charge in [0, 0.05) is 0 Å². The Morgan fingerprint density at radius 3 is 2.83 bits per heavy atom. The molecule has 1 aliphatic rings. The summed E-state index contributed by atoms with van der Waals surface area (Å²) in [5, 5.41) is 19.2. The van der Waals surface area contributed by atoms with Crippen LogP contribution in [-0.4, -0.2) is 47.5 Å². The molecule has 1 fully saturated rings. The second kappa shape index (κ2) is 6.06. The smallest absolute Gasteiger partial charge is 0.151 e. The molecule has 0 spiro atoms. The number of aldehydes is 1. The number of aliphatic hydroxyl groups is 2. The average molecular weight is 252 g/mol. The van der Waals surface area contributed by atoms with E-state index in [0.29, 0.717) is 12.9 Å². The van der Waals surface area contributed by atoms with Crippen LogP contribution in [0.25, 0.3) is 0 Å². The van der Waals surface area contributed by atoms with Crippen LogP contribution < -0.4 is 0 Å². The van der Waals surface area contributed by atoms with Gasteiger partial charge in [0.2, 0.25) is 0 Å². The molecule has 1 aromatic carbocycles. The monoisotopic (exact) mass is 252 g/mol. The molecule has 0 bridgehead atoms. The lowest BCUT2D eigenvalue weighted by molar-refractivity contribution is -0.128. The molecular weight excluding hydrogens is 236 g/mol. The molecule has 4 unspecified atom stereocenters. The molecule has 5 heteroatoms. The van der Waals surface area contributed by atoms with Gasteiger partial charge in [0.1, 0.15) is 24.4 Å². The number of carbonyl (C=O) groups excluding carboxylic acids is 1. The first-order valence-electron chi connectivity index (χ1n) is 5.81. The topological polar surface area (TPSA) is 76.0 Å². The van der Waals surface area contributed by atoms with E-state index in [-0.39, 0.29) is 6.61 Å². The Labute approximate surface area is 105 Å². The Balaban J connectivity index is 1.95. The first-order valence-corrected chi connectivity index (χ1v) is 5.81. The van der Waals surface area contributed by atoms with Crippen LogP contribution in [0, 0.1) is 0 Å². The maximum atomic E-state index is 10.6. The minimum absolute atomic E-state index is 0.0645. The van der Waals surface area contributed by atoms with Gasteiger partial charge in [0.05, 0.1) is 13.2 Å². The first-order chi connectivity index (χ1) is 8.72. The summed E-state index contributed by atoms with van der Waals surface area (Å²) in [4.78, 5) is 10.6. The summed E-state index contributed by atoms with van der Waals surface area (Å²) in [6, 6.07) is 9.46. The quantitative estimate of drug-likeness (QED) is 0.715. The fraction of sp³-hybridized carbons (Fsp3) is 0.462. The highest BCUT2D eigenvalue weighted by Gasteiger charge is 2.41. The van der Waals surface area contributed by atoms with E-state index in [0.717, 1.165) is 5.56 Å². The minimum Gasteiger partial charge on any atom is -0.388 e. The van der Waals surface area contributed by atoms with Crippen LogP contribution in [0.1, 0.15) is 5.56 Å². The molecule has 18 heavy (non-hydrogen) atoms. The summed E-state index contributed by atoms with van der Waals surface area (Å²) in [6.45, 7) is 0.364. The molecule has 0 saturated carbocycles. The van der Waals surface area contributed by atoms with Gasteiger partial charge in [0.25, 0.3) is 0 Å². The molecule has 0 aliphatic carbocycles. The highest BCUT2D eigenvalue weighted by Crippen LogP contribution is 2.21. The average Bonchev–Trinajstić information content (AvgIpc) is 2.78. The predicted octanol–water partition coefficient (Wildman–Crippen LogP) is -0.109. The summed E-state index contributed by atoms with van der Waals surface area (Å²) >= 11 is 0. The third-order valence-electron chi connectivity index (χ3n) is 2.92. The molecule has 1 aromatic rings. The molecule has 0 aromatic heterocycles. The maximum Gasteiger partial charge on any atom is 0.151 e. The van der Waals surface area contributed by atoms with Crippen molar-refractivity contribution in [1.29, 1.82) is 0 Å². The van der Waals surface area contributed by atoms with Crippen molar-refractivity contribution in [2.45, 2.75) is 31.0 Å². The van der Waals surface area contributed by atoms with E-state index in [4.69, 9.17) is 9.47 Å². The summed E-state index contributed by atoms with van der Waals surface area (Å²) in [5.41, 5.74) is 0.955. The van der Waals surface area contributed by atoms with Gasteiger partial charge < -0.3 is 24.5 Å². The fourth-order valence-corrected chi connectivity index (χ4v) is 1.96. The number of aliphatic hydroxyl groups excluding tert-OH is 2. The Morgan fingerprint density at radius 1 is 1.44 bits per heavy atom. The Morgan fingerprint density at radius 2 is 2.17 bits per heavy atom. The largest absolute Gasteiger partial charge is 0.388 e. The maximum absolute atomic E-state index is 10.6. The van der Waals surface area contributed by atoms with Gasteiger partial charge in [0.15, 0.2) is 6.29 Å². The van der Waals surface area contributed by atoms with Crippen molar-refractivity contribution < 1.29 is 24.5 Å². The van der Waals surface area contributed by atoms with Crippen LogP contribution in [0.5, 0.6) is 0 Å². The van der Waals surface area contributed by atoms with E-state index in [1.54, 1.807) is 0 Å². The summed E-state index contributed by atoms with van der Waals surface area (Å²) in [5.74, 6) is 0. The Kier molecular flexibility index (Phi) is 4.43. The van der Waals surface area contributed by atoms with Crippen molar-refractivity contribution >= 4 is 6.29 Å². The number of carbonyl (C=O) groups is 1. The summed E-state index contributed by atoms with van der Waals surface area (Å²) in [6.07, 6.45) is -3.20. The van der Waals surface area contributed by atoms with E-state index < -0.39 is 24.4 Å². The molecule has 4 atom stereocenters. The highest BCUT2D eigenvalue weighted by molar-refractivity contribution is 5.57. The lowest BCUT2D eigenvalue weighted by Gasteiger charge is -2.22. The highest BCUT2D eigenvalue weighted by atomic mass is 16.6. The lowest BCUT2D eigenvalue weighted by Crippen LogP contribution is -2.41. The van der Waals surface area contributed by atoms with E-state index in [1.807, 2.05) is 30.3 Å². The minimum atomic E-state index is -1.28. The standard InChI is InChI=1S/C13H16O5/c14-6-10(15)12-13(11(16)8-18-12)17-7-9-4-2-1-3-5-9/h1-6,10-13,15-16H,7-8H2. The van der Waals surface area contributed by atoms with Crippen LogP contribution in [0.2, 0.25) is 0 Å². The lowest BCUT2D eigenvalue weighted by atomic mass is 10.1. The van der Waals surface area contributed by atoms with E-state index in [2.05, 4.69) is 0 Å². The molecule has 2 rings (SSSR count). The van der Waals surface area contributed by atoms with Crippen LogP contribution >= 0.6 is 0 Å². The van der Waals surface area contributed by atoms with Crippen LogP contribution in [-0.2, 0) is 20.9 Å². The van der Waals surface area contributed by atoms with Crippen molar-refractivity contribution in [3.05, 3.63) is 35.9 Å². The predicted molar refractivity (Wildman–Crippen MR) is 62.8 cm³/mol. The van der Waals surface area contributed by atoms with Gasteiger partial charge in [-0.3, -0.25) is 0 Å². The van der Waals surface area contributed by atoms with E-state index >= 15 is 0 Å². The van der Waals surface area contributed by atoms with Crippen molar-refractivity contribution in [2.75, 3.05) is 6.61 Å². The van der Waals surface area contributed by atoms with Crippen molar-refractivity contribution in [3.8, 4) is 0 Å². The fourth-order valence-electron chi connectivity index (χ4n) is 1.96. The zero-order valence-corrected chi connectivity index (χ0v) is 9.81. The van der Waals surface area contributed by atoms with Gasteiger partial charge in [-0.2, -0.15) is 0 Å². The Bertz CT molecular complexity index is 380. The molecule has 0 amide bonds. The third-order valence-corrected chi connectivity index (χ3v) is 2.92. The zero-order chi connectivity index (χ0) is 13.0. The number of hydrogen-bond acceptors (Lipinski definition) is 5. The molecule has 2 N–H and O–H groups in total. The molecule has 0 radical (unpaired) electrons. The molecule has 1 aliphatic heterocycles. The summed E-state index contributed by atoms with van der Waals surface area (Å²) < 4.78 is 10.7. The van der Waals surface area contributed by atoms with Gasteiger partial charge in [-0.25, -0.2) is 0 Å². The second-order valence-corrected chi connectivity index (χ2v) is 4.25. The van der Waals surface area contributed by atoms with E-state index in [1.165, 1.54) is 0 Å². The Hall–Kier alpha value is -1.27. The number of hydrogen-bond donors (Lipinski definition) is 2. The van der Waals surface area contributed by atoms with Crippen LogP contribution in [0.3, 0.4) is 0 Å². The van der Waals surface area contributed by atoms with E-state index in [9.17, 15) is 15.0 Å². The molecule has 1 heterocycles. The molecule has 5 nitrogen and oxygen atoms in total. The summed E-state index contributed by atoms with van der Waals surface area (Å²) in [7, 11) is 0. The third kappa shape index (κ3) is 2.94. The molecule has 1 saturated heterocycles. The zero-order valence-electron chi connectivity index (χ0n) is 9.81. The number of rotatable bonds is 5. The van der Waals surface area contributed by atoms with Gasteiger partial charge >= 0.3 is 0 Å². The van der Waals surface area contributed by atoms with Crippen LogP contribution in [0.15, 0.2) is 30.3 Å². The van der Waals surface area contributed by atoms with Crippen molar-refractivity contribution in [1.82, 2.24) is 0 Å². The van der Waals surface area contributed by atoms with Crippen molar-refractivity contribution in [2.24, 2.45) is 0 Å². The van der Waals surface area contributed by atoms with Crippen LogP contribution in [0.4, 0.5) is 0 Å². The molecule has 98 valence electrons. The number of ether oxygens (including phenoxy) is 2.